The minimum atomic E-state index is -3.64. The number of halogens is 1. The van der Waals surface area contributed by atoms with E-state index in [0.717, 1.165) is 8.78 Å². The van der Waals surface area contributed by atoms with Crippen molar-refractivity contribution in [3.05, 3.63) is 28.7 Å². The Morgan fingerprint density at radius 1 is 1.39 bits per heavy atom. The molecule has 0 saturated carbocycles. The molecule has 0 aliphatic carbocycles. The van der Waals surface area contributed by atoms with Gasteiger partial charge in [-0.1, -0.05) is 22.9 Å². The first-order chi connectivity index (χ1) is 8.25. The molecule has 0 aliphatic heterocycles. The smallest absolute Gasteiger partial charge is 0.307 e. The van der Waals surface area contributed by atoms with Gasteiger partial charge in [-0.2, -0.15) is 0 Å². The van der Waals surface area contributed by atoms with Gasteiger partial charge >= 0.3 is 5.97 Å². The van der Waals surface area contributed by atoms with Gasteiger partial charge in [0.15, 0.2) is 0 Å². The maximum Gasteiger partial charge on any atom is 0.307 e. The molecule has 0 heterocycles. The van der Waals surface area contributed by atoms with E-state index in [1.807, 2.05) is 0 Å². The van der Waals surface area contributed by atoms with Crippen molar-refractivity contribution >= 4 is 31.9 Å². The number of sulfonamides is 1. The molecule has 1 rings (SSSR count). The zero-order valence-corrected chi connectivity index (χ0v) is 12.4. The molecule has 5 nitrogen and oxygen atoms in total. The zero-order chi connectivity index (χ0) is 13.9. The summed E-state index contributed by atoms with van der Waals surface area (Å²) >= 11 is 3.22. The molecule has 0 bridgehead atoms. The summed E-state index contributed by atoms with van der Waals surface area (Å²) in [5, 5.41) is 8.78. The highest BCUT2D eigenvalue weighted by Crippen LogP contribution is 2.18. The molecule has 0 aromatic heterocycles. The summed E-state index contributed by atoms with van der Waals surface area (Å²) in [4.78, 5) is 10.9. The minimum absolute atomic E-state index is 0.0618. The van der Waals surface area contributed by atoms with Gasteiger partial charge < -0.3 is 5.11 Å². The van der Waals surface area contributed by atoms with E-state index in [4.69, 9.17) is 5.11 Å². The molecular weight excluding hydrogens is 322 g/mol. The van der Waals surface area contributed by atoms with Gasteiger partial charge in [0.25, 0.3) is 0 Å². The maximum absolute atomic E-state index is 12.1. The SMILES string of the molecule is CC(CN(C)S(=O)(=O)c1ccc(Br)cc1)C(=O)O. The van der Waals surface area contributed by atoms with Crippen LogP contribution in [0.1, 0.15) is 6.92 Å². The molecule has 0 aliphatic rings. The van der Waals surface area contributed by atoms with E-state index >= 15 is 0 Å². The van der Waals surface area contributed by atoms with Gasteiger partial charge in [0, 0.05) is 18.1 Å². The Kier molecular flexibility index (Phi) is 4.89. The molecule has 1 N–H and O–H groups in total. The van der Waals surface area contributed by atoms with Crippen LogP contribution in [0.2, 0.25) is 0 Å². The number of hydrogen-bond donors (Lipinski definition) is 1. The lowest BCUT2D eigenvalue weighted by atomic mass is 10.2. The molecule has 18 heavy (non-hydrogen) atoms. The molecule has 100 valence electrons. The van der Waals surface area contributed by atoms with Crippen molar-refractivity contribution in [1.29, 1.82) is 0 Å². The van der Waals surface area contributed by atoms with E-state index < -0.39 is 21.9 Å². The highest BCUT2D eigenvalue weighted by Gasteiger charge is 2.24. The Labute approximate surface area is 115 Å². The van der Waals surface area contributed by atoms with Crippen LogP contribution >= 0.6 is 15.9 Å². The van der Waals surface area contributed by atoms with Crippen LogP contribution in [-0.4, -0.2) is 37.4 Å². The average molecular weight is 336 g/mol. The second-order valence-electron chi connectivity index (χ2n) is 3.98. The fraction of sp³-hybridized carbons (Fsp3) is 0.364. The lowest BCUT2D eigenvalue weighted by Gasteiger charge is -2.19. The summed E-state index contributed by atoms with van der Waals surface area (Å²) in [5.41, 5.74) is 0. The van der Waals surface area contributed by atoms with Crippen LogP contribution in [-0.2, 0) is 14.8 Å². The number of carbonyl (C=O) groups is 1. The molecule has 1 atom stereocenters. The van der Waals surface area contributed by atoms with Crippen LogP contribution in [0, 0.1) is 5.92 Å². The Morgan fingerprint density at radius 3 is 2.33 bits per heavy atom. The van der Waals surface area contributed by atoms with Crippen molar-refractivity contribution in [3.8, 4) is 0 Å². The van der Waals surface area contributed by atoms with E-state index in [1.165, 1.54) is 26.1 Å². The molecule has 1 aromatic carbocycles. The number of carboxylic acid groups (broad SMARTS) is 1. The summed E-state index contributed by atoms with van der Waals surface area (Å²) in [5.74, 6) is -1.77. The Morgan fingerprint density at radius 2 is 1.89 bits per heavy atom. The van der Waals surface area contributed by atoms with Crippen molar-refractivity contribution < 1.29 is 18.3 Å². The summed E-state index contributed by atoms with van der Waals surface area (Å²) in [6, 6.07) is 6.20. The summed E-state index contributed by atoms with van der Waals surface area (Å²) in [6.45, 7) is 1.41. The second kappa shape index (κ2) is 5.81. The quantitative estimate of drug-likeness (QED) is 0.890. The molecule has 0 radical (unpaired) electrons. The van der Waals surface area contributed by atoms with Gasteiger partial charge in [0.2, 0.25) is 10.0 Å². The highest BCUT2D eigenvalue weighted by molar-refractivity contribution is 9.10. The van der Waals surface area contributed by atoms with Crippen LogP contribution in [0.3, 0.4) is 0 Å². The number of aliphatic carboxylic acids is 1. The summed E-state index contributed by atoms with van der Waals surface area (Å²) in [6.07, 6.45) is 0. The molecule has 0 spiro atoms. The van der Waals surface area contributed by atoms with Crippen LogP contribution in [0.5, 0.6) is 0 Å². The maximum atomic E-state index is 12.1. The van der Waals surface area contributed by atoms with Crippen molar-refractivity contribution in [2.45, 2.75) is 11.8 Å². The third-order valence-electron chi connectivity index (χ3n) is 2.47. The Bertz CT molecular complexity index is 526. The standard InChI is InChI=1S/C11H14BrNO4S/c1-8(11(14)15)7-13(2)18(16,17)10-5-3-9(12)4-6-10/h3-6,8H,7H2,1-2H3,(H,14,15). The van der Waals surface area contributed by atoms with Crippen LogP contribution in [0.4, 0.5) is 0 Å². The van der Waals surface area contributed by atoms with Gasteiger partial charge in [0.1, 0.15) is 0 Å². The molecular formula is C11H14BrNO4S. The Balaban J connectivity index is 2.93. The third-order valence-corrected chi connectivity index (χ3v) is 4.84. The minimum Gasteiger partial charge on any atom is -0.481 e. The van der Waals surface area contributed by atoms with Crippen LogP contribution in [0.25, 0.3) is 0 Å². The van der Waals surface area contributed by atoms with E-state index in [0.29, 0.717) is 0 Å². The average Bonchev–Trinajstić information content (AvgIpc) is 2.29. The van der Waals surface area contributed by atoms with E-state index in [9.17, 15) is 13.2 Å². The van der Waals surface area contributed by atoms with Gasteiger partial charge in [-0.3, -0.25) is 4.79 Å². The largest absolute Gasteiger partial charge is 0.481 e. The topological polar surface area (TPSA) is 74.7 Å². The van der Waals surface area contributed by atoms with E-state index in [-0.39, 0.29) is 11.4 Å². The number of rotatable bonds is 5. The molecule has 0 fully saturated rings. The fourth-order valence-corrected chi connectivity index (χ4v) is 2.87. The first-order valence-electron chi connectivity index (χ1n) is 5.20. The lowest BCUT2D eigenvalue weighted by molar-refractivity contribution is -0.141. The van der Waals surface area contributed by atoms with Crippen LogP contribution < -0.4 is 0 Å². The number of benzene rings is 1. The molecule has 0 saturated heterocycles. The van der Waals surface area contributed by atoms with Gasteiger partial charge in [-0.05, 0) is 24.3 Å². The normalized spacial score (nSPS) is 13.6. The molecule has 1 unspecified atom stereocenters. The predicted octanol–water partition coefficient (Wildman–Crippen LogP) is 1.79. The van der Waals surface area contributed by atoms with E-state index in [1.54, 1.807) is 12.1 Å². The van der Waals surface area contributed by atoms with Crippen molar-refractivity contribution in [2.24, 2.45) is 5.92 Å². The van der Waals surface area contributed by atoms with E-state index in [2.05, 4.69) is 15.9 Å². The number of hydrogen-bond acceptors (Lipinski definition) is 3. The second-order valence-corrected chi connectivity index (χ2v) is 6.94. The third kappa shape index (κ3) is 3.54. The summed E-state index contributed by atoms with van der Waals surface area (Å²) in [7, 11) is -2.26. The molecule has 0 amide bonds. The Hall–Kier alpha value is -0.920. The van der Waals surface area contributed by atoms with Crippen molar-refractivity contribution in [1.82, 2.24) is 4.31 Å². The fourth-order valence-electron chi connectivity index (χ4n) is 1.35. The number of carboxylic acids is 1. The van der Waals surface area contributed by atoms with Crippen molar-refractivity contribution in [2.75, 3.05) is 13.6 Å². The molecule has 7 heteroatoms. The first-order valence-corrected chi connectivity index (χ1v) is 7.43. The first kappa shape index (κ1) is 15.1. The molecule has 1 aromatic rings. The summed E-state index contributed by atoms with van der Waals surface area (Å²) < 4.78 is 26.1. The highest BCUT2D eigenvalue weighted by atomic mass is 79.9. The number of nitrogens with zero attached hydrogens (tertiary/aromatic N) is 1. The monoisotopic (exact) mass is 335 g/mol. The van der Waals surface area contributed by atoms with Crippen molar-refractivity contribution in [3.63, 3.8) is 0 Å². The lowest BCUT2D eigenvalue weighted by Crippen LogP contribution is -2.33. The van der Waals surface area contributed by atoms with Gasteiger partial charge in [-0.25, -0.2) is 12.7 Å². The van der Waals surface area contributed by atoms with Crippen LogP contribution in [0.15, 0.2) is 33.6 Å². The van der Waals surface area contributed by atoms with Gasteiger partial charge in [-0.15, -0.1) is 0 Å². The zero-order valence-electron chi connectivity index (χ0n) is 10.00. The van der Waals surface area contributed by atoms with Gasteiger partial charge in [0.05, 0.1) is 10.8 Å². The predicted molar refractivity (Wildman–Crippen MR) is 70.8 cm³/mol.